The highest BCUT2D eigenvalue weighted by Crippen LogP contribution is 2.41. The zero-order chi connectivity index (χ0) is 17.5. The van der Waals surface area contributed by atoms with Gasteiger partial charge in [-0.3, -0.25) is 8.61 Å². The second kappa shape index (κ2) is 6.14. The van der Waals surface area contributed by atoms with E-state index in [-0.39, 0.29) is 12.1 Å². The molecule has 8 nitrogen and oxygen atoms in total. The van der Waals surface area contributed by atoms with Gasteiger partial charge in [-0.2, -0.15) is 8.42 Å². The van der Waals surface area contributed by atoms with E-state index < -0.39 is 10.2 Å². The average Bonchev–Trinajstić information content (AvgIpc) is 2.70. The van der Waals surface area contributed by atoms with Gasteiger partial charge in [-0.05, 0) is 37.5 Å². The van der Waals surface area contributed by atoms with Crippen LogP contribution in [0.5, 0.6) is 0 Å². The van der Waals surface area contributed by atoms with Gasteiger partial charge < -0.3 is 15.4 Å². The zero-order valence-electron chi connectivity index (χ0n) is 14.0. The van der Waals surface area contributed by atoms with Gasteiger partial charge in [0.2, 0.25) is 0 Å². The third-order valence-electron chi connectivity index (χ3n) is 4.50. The summed E-state index contributed by atoms with van der Waals surface area (Å²) in [6.07, 6.45) is 1.59. The Balaban J connectivity index is 1.78. The number of hydrogen-bond acceptors (Lipinski definition) is 4. The van der Waals surface area contributed by atoms with Gasteiger partial charge in [-0.1, -0.05) is 0 Å². The Labute approximate surface area is 141 Å². The Morgan fingerprint density at radius 2 is 1.75 bits per heavy atom. The molecular formula is C15H22N4O4S. The summed E-state index contributed by atoms with van der Waals surface area (Å²) in [5, 5.41) is 5.75. The second-order valence-corrected chi connectivity index (χ2v) is 8.07. The number of rotatable bonds is 2. The minimum atomic E-state index is -3.52. The van der Waals surface area contributed by atoms with Crippen LogP contribution < -0.4 is 19.2 Å². The smallest absolute Gasteiger partial charge is 0.326 e. The molecule has 3 rings (SSSR count). The summed E-state index contributed by atoms with van der Waals surface area (Å²) in [5.74, 6) is 0. The molecule has 2 aliphatic heterocycles. The molecule has 2 aliphatic rings. The lowest BCUT2D eigenvalue weighted by Crippen LogP contribution is -2.41. The number of fused-ring (bicyclic) bond motifs is 1. The van der Waals surface area contributed by atoms with E-state index in [2.05, 4.69) is 10.6 Å². The van der Waals surface area contributed by atoms with E-state index in [1.54, 1.807) is 12.1 Å². The molecule has 2 N–H and O–H groups in total. The van der Waals surface area contributed by atoms with Crippen LogP contribution in [0.1, 0.15) is 18.4 Å². The lowest BCUT2D eigenvalue weighted by Gasteiger charge is -2.23. The van der Waals surface area contributed by atoms with Crippen LogP contribution in [0.15, 0.2) is 12.1 Å². The van der Waals surface area contributed by atoms with E-state index in [0.717, 1.165) is 18.4 Å². The van der Waals surface area contributed by atoms with Crippen molar-refractivity contribution >= 4 is 33.3 Å². The zero-order valence-corrected chi connectivity index (χ0v) is 14.8. The summed E-state index contributed by atoms with van der Waals surface area (Å²) in [4.78, 5) is 12.2. The highest BCUT2D eigenvalue weighted by atomic mass is 32.2. The third-order valence-corrected chi connectivity index (χ3v) is 6.27. The first-order chi connectivity index (χ1) is 11.3. The largest absolute Gasteiger partial charge is 0.381 e. The fraction of sp³-hybridized carbons (Fsp3) is 0.533. The van der Waals surface area contributed by atoms with Gasteiger partial charge in [-0.25, -0.2) is 4.79 Å². The van der Waals surface area contributed by atoms with Crippen LogP contribution >= 0.6 is 0 Å². The van der Waals surface area contributed by atoms with E-state index in [0.29, 0.717) is 30.3 Å². The van der Waals surface area contributed by atoms with Crippen LogP contribution in [0.4, 0.5) is 21.9 Å². The van der Waals surface area contributed by atoms with Gasteiger partial charge in [0.05, 0.1) is 11.4 Å². The van der Waals surface area contributed by atoms with Crippen LogP contribution in [-0.2, 0) is 14.9 Å². The number of nitrogens with one attached hydrogen (secondary N) is 2. The predicted octanol–water partition coefficient (Wildman–Crippen LogP) is 1.43. The van der Waals surface area contributed by atoms with Gasteiger partial charge in [-0.15, -0.1) is 0 Å². The molecule has 1 aromatic rings. The number of ether oxygens (including phenoxy) is 1. The third kappa shape index (κ3) is 2.89. The van der Waals surface area contributed by atoms with Gasteiger partial charge in [0, 0.05) is 39.0 Å². The molecule has 24 heavy (non-hydrogen) atoms. The van der Waals surface area contributed by atoms with Crippen molar-refractivity contribution in [2.75, 3.05) is 41.2 Å². The lowest BCUT2D eigenvalue weighted by atomic mass is 10.1. The summed E-state index contributed by atoms with van der Waals surface area (Å²) >= 11 is 0. The van der Waals surface area contributed by atoms with Crippen molar-refractivity contribution in [3.63, 3.8) is 0 Å². The molecule has 1 saturated heterocycles. The van der Waals surface area contributed by atoms with Crippen molar-refractivity contribution in [2.45, 2.75) is 25.8 Å². The Hall–Kier alpha value is -2.00. The Morgan fingerprint density at radius 3 is 2.38 bits per heavy atom. The van der Waals surface area contributed by atoms with E-state index in [4.69, 9.17) is 4.74 Å². The molecule has 0 unspecified atom stereocenters. The molecule has 0 aromatic heterocycles. The molecule has 0 saturated carbocycles. The average molecular weight is 354 g/mol. The normalized spacial score (nSPS) is 20.0. The van der Waals surface area contributed by atoms with E-state index in [1.807, 2.05) is 6.92 Å². The van der Waals surface area contributed by atoms with E-state index in [1.165, 1.54) is 22.7 Å². The van der Waals surface area contributed by atoms with Gasteiger partial charge in [0.15, 0.2) is 0 Å². The van der Waals surface area contributed by atoms with Crippen molar-refractivity contribution in [3.8, 4) is 0 Å². The number of urea groups is 1. The molecule has 132 valence electrons. The first-order valence-corrected chi connectivity index (χ1v) is 9.23. The fourth-order valence-electron chi connectivity index (χ4n) is 2.94. The summed E-state index contributed by atoms with van der Waals surface area (Å²) in [6.45, 7) is 3.14. The fourth-order valence-corrected chi connectivity index (χ4v) is 4.10. The first kappa shape index (κ1) is 16.8. The number of benzene rings is 1. The summed E-state index contributed by atoms with van der Waals surface area (Å²) in [5.41, 5.74) is 2.54. The minimum absolute atomic E-state index is 0.0997. The Kier molecular flexibility index (Phi) is 4.31. The molecule has 0 aliphatic carbocycles. The molecule has 1 aromatic carbocycles. The summed E-state index contributed by atoms with van der Waals surface area (Å²) in [6, 6.07) is 3.26. The Bertz CT molecular complexity index is 759. The lowest BCUT2D eigenvalue weighted by molar-refractivity contribution is 0.0806. The maximum absolute atomic E-state index is 12.2. The van der Waals surface area contributed by atoms with Crippen molar-refractivity contribution in [1.82, 2.24) is 5.32 Å². The molecule has 2 amide bonds. The van der Waals surface area contributed by atoms with Crippen LogP contribution in [0.3, 0.4) is 0 Å². The van der Waals surface area contributed by atoms with Crippen LogP contribution in [-0.4, -0.2) is 47.8 Å². The molecule has 9 heteroatoms. The van der Waals surface area contributed by atoms with Gasteiger partial charge in [0.1, 0.15) is 0 Å². The number of carbonyl (C=O) groups excluding carboxylic acids is 1. The summed E-state index contributed by atoms with van der Waals surface area (Å²) in [7, 11) is -0.508. The van der Waals surface area contributed by atoms with Crippen LogP contribution in [0, 0.1) is 6.92 Å². The highest BCUT2D eigenvalue weighted by Gasteiger charge is 2.36. The quantitative estimate of drug-likeness (QED) is 0.840. The molecule has 2 heterocycles. The number of amides is 2. The highest BCUT2D eigenvalue weighted by molar-refractivity contribution is 7.94. The monoisotopic (exact) mass is 354 g/mol. The predicted molar refractivity (Wildman–Crippen MR) is 92.9 cm³/mol. The molecule has 1 fully saturated rings. The van der Waals surface area contributed by atoms with Crippen LogP contribution in [0.2, 0.25) is 0 Å². The summed E-state index contributed by atoms with van der Waals surface area (Å²) < 4.78 is 32.1. The number of nitrogens with zero attached hydrogens (tertiary/aromatic N) is 2. The topological polar surface area (TPSA) is 91.0 Å². The molecule has 0 radical (unpaired) electrons. The van der Waals surface area contributed by atoms with Crippen LogP contribution in [0.25, 0.3) is 0 Å². The number of carbonyl (C=O) groups is 1. The van der Waals surface area contributed by atoms with Crippen molar-refractivity contribution < 1.29 is 17.9 Å². The SMILES string of the molecule is Cc1cc2c(cc1NC(=O)NC1CCOCC1)N(C)S(=O)(=O)N2C. The number of hydrogen-bond donors (Lipinski definition) is 2. The van der Waals surface area contributed by atoms with E-state index >= 15 is 0 Å². The Morgan fingerprint density at radius 1 is 1.17 bits per heavy atom. The van der Waals surface area contributed by atoms with Gasteiger partial charge in [0.25, 0.3) is 0 Å². The minimum Gasteiger partial charge on any atom is -0.381 e. The molecule has 0 spiro atoms. The molecule has 0 atom stereocenters. The van der Waals surface area contributed by atoms with Gasteiger partial charge >= 0.3 is 16.2 Å². The second-order valence-electron chi connectivity index (χ2n) is 6.08. The number of aryl methyl sites for hydroxylation is 1. The number of anilines is 3. The van der Waals surface area contributed by atoms with Crippen molar-refractivity contribution in [1.29, 1.82) is 0 Å². The van der Waals surface area contributed by atoms with E-state index in [9.17, 15) is 13.2 Å². The molecule has 0 bridgehead atoms. The van der Waals surface area contributed by atoms with Crippen molar-refractivity contribution in [2.24, 2.45) is 0 Å². The van der Waals surface area contributed by atoms with Crippen molar-refractivity contribution in [3.05, 3.63) is 17.7 Å². The maximum atomic E-state index is 12.2. The standard InChI is InChI=1S/C15H22N4O4S/c1-10-8-13-14(19(3)24(21,22)18(13)2)9-12(10)17-15(20)16-11-4-6-23-7-5-11/h8-9,11H,4-7H2,1-3H3,(H2,16,17,20). The molecular weight excluding hydrogens is 332 g/mol. The first-order valence-electron chi connectivity index (χ1n) is 7.83. The maximum Gasteiger partial charge on any atom is 0.326 e.